The van der Waals surface area contributed by atoms with Gasteiger partial charge >= 0.3 is 0 Å². The molecule has 20 heavy (non-hydrogen) atoms. The fourth-order valence-corrected chi connectivity index (χ4v) is 2.25. The van der Waals surface area contributed by atoms with Crippen molar-refractivity contribution in [2.24, 2.45) is 0 Å². The molecule has 104 valence electrons. The maximum absolute atomic E-state index is 12.3. The molecule has 0 saturated carbocycles. The highest BCUT2D eigenvalue weighted by atomic mass is 35.5. The van der Waals surface area contributed by atoms with Gasteiger partial charge in [0, 0.05) is 23.6 Å². The van der Waals surface area contributed by atoms with Crippen LogP contribution >= 0.6 is 23.2 Å². The minimum atomic E-state index is -0.301. The van der Waals surface area contributed by atoms with Crippen molar-refractivity contribution >= 4 is 29.1 Å². The zero-order chi connectivity index (χ0) is 14.7. The summed E-state index contributed by atoms with van der Waals surface area (Å²) in [6.07, 6.45) is 0. The Morgan fingerprint density at radius 2 is 1.85 bits per heavy atom. The Morgan fingerprint density at radius 1 is 1.15 bits per heavy atom. The van der Waals surface area contributed by atoms with E-state index in [4.69, 9.17) is 23.2 Å². The number of rotatable bonds is 3. The van der Waals surface area contributed by atoms with Gasteiger partial charge < -0.3 is 10.0 Å². The minimum absolute atomic E-state index is 0.0858. The van der Waals surface area contributed by atoms with Crippen molar-refractivity contribution in [2.75, 3.05) is 7.05 Å². The van der Waals surface area contributed by atoms with E-state index in [0.29, 0.717) is 16.6 Å². The summed E-state index contributed by atoms with van der Waals surface area (Å²) in [6.45, 7) is 0.394. The molecule has 0 spiro atoms. The highest BCUT2D eigenvalue weighted by molar-refractivity contribution is 6.31. The number of carbonyl (C=O) groups is 1. The number of nitrogens with zero attached hydrogens (tertiary/aromatic N) is 1. The molecule has 0 atom stereocenters. The van der Waals surface area contributed by atoms with Crippen LogP contribution in [0.5, 0.6) is 5.75 Å². The molecule has 3 nitrogen and oxygen atoms in total. The molecule has 2 aromatic rings. The van der Waals surface area contributed by atoms with Gasteiger partial charge in [-0.1, -0.05) is 35.3 Å². The van der Waals surface area contributed by atoms with Crippen LogP contribution in [0.25, 0.3) is 0 Å². The fourth-order valence-electron chi connectivity index (χ4n) is 1.87. The lowest BCUT2D eigenvalue weighted by Crippen LogP contribution is -2.26. The highest BCUT2D eigenvalue weighted by Gasteiger charge is 2.16. The van der Waals surface area contributed by atoms with Crippen molar-refractivity contribution in [2.45, 2.75) is 6.54 Å². The summed E-state index contributed by atoms with van der Waals surface area (Å²) >= 11 is 11.8. The summed E-state index contributed by atoms with van der Waals surface area (Å²) in [4.78, 5) is 13.8. The van der Waals surface area contributed by atoms with E-state index in [1.165, 1.54) is 23.1 Å². The average molecular weight is 310 g/mol. The van der Waals surface area contributed by atoms with Crippen LogP contribution in [0.1, 0.15) is 15.9 Å². The van der Waals surface area contributed by atoms with Gasteiger partial charge in [-0.15, -0.1) is 0 Å². The minimum Gasteiger partial charge on any atom is -0.507 e. The summed E-state index contributed by atoms with van der Waals surface area (Å²) in [6, 6.07) is 11.7. The molecule has 0 radical (unpaired) electrons. The van der Waals surface area contributed by atoms with E-state index in [1.807, 2.05) is 12.1 Å². The van der Waals surface area contributed by atoms with Crippen molar-refractivity contribution in [3.05, 3.63) is 63.6 Å². The van der Waals surface area contributed by atoms with E-state index in [1.54, 1.807) is 19.2 Å². The zero-order valence-corrected chi connectivity index (χ0v) is 12.3. The van der Waals surface area contributed by atoms with Crippen LogP contribution in [0.4, 0.5) is 0 Å². The van der Waals surface area contributed by atoms with E-state index in [0.717, 1.165) is 5.56 Å². The standard InChI is InChI=1S/C15H13Cl2NO2/c1-18(9-10-3-2-4-11(16)7-10)15(20)13-8-12(17)5-6-14(13)19/h2-8,19H,9H2,1H3. The number of benzene rings is 2. The van der Waals surface area contributed by atoms with Crippen molar-refractivity contribution in [1.82, 2.24) is 4.90 Å². The Morgan fingerprint density at radius 3 is 2.55 bits per heavy atom. The van der Waals surface area contributed by atoms with Crippen molar-refractivity contribution in [1.29, 1.82) is 0 Å². The van der Waals surface area contributed by atoms with Crippen molar-refractivity contribution < 1.29 is 9.90 Å². The molecule has 0 fully saturated rings. The number of amides is 1. The predicted octanol–water partition coefficient (Wildman–Crippen LogP) is 3.97. The largest absolute Gasteiger partial charge is 0.507 e. The van der Waals surface area contributed by atoms with Gasteiger partial charge in [-0.3, -0.25) is 4.79 Å². The quantitative estimate of drug-likeness (QED) is 0.932. The Bertz CT molecular complexity index is 644. The van der Waals surface area contributed by atoms with Crippen LogP contribution in [0.3, 0.4) is 0 Å². The third-order valence-electron chi connectivity index (χ3n) is 2.84. The number of hydrogen-bond donors (Lipinski definition) is 1. The smallest absolute Gasteiger partial charge is 0.257 e. The summed E-state index contributed by atoms with van der Waals surface area (Å²) < 4.78 is 0. The first-order chi connectivity index (χ1) is 9.47. The van der Waals surface area contributed by atoms with Gasteiger partial charge in [0.25, 0.3) is 5.91 Å². The summed E-state index contributed by atoms with van der Waals surface area (Å²) in [7, 11) is 1.66. The molecule has 0 heterocycles. The number of carbonyl (C=O) groups excluding carboxylic acids is 1. The zero-order valence-electron chi connectivity index (χ0n) is 10.8. The molecule has 0 aliphatic carbocycles. The van der Waals surface area contributed by atoms with Crippen LogP contribution < -0.4 is 0 Å². The van der Waals surface area contributed by atoms with Crippen LogP contribution in [-0.2, 0) is 6.54 Å². The number of phenols is 1. The summed E-state index contributed by atoms with van der Waals surface area (Å²) in [5.74, 6) is -0.387. The molecular formula is C15H13Cl2NO2. The first-order valence-electron chi connectivity index (χ1n) is 5.96. The van der Waals surface area contributed by atoms with Crippen LogP contribution in [0.2, 0.25) is 10.0 Å². The van der Waals surface area contributed by atoms with Gasteiger partial charge in [0.2, 0.25) is 0 Å². The Hall–Kier alpha value is -1.71. The van der Waals surface area contributed by atoms with Crippen molar-refractivity contribution in [3.63, 3.8) is 0 Å². The normalized spacial score (nSPS) is 10.3. The summed E-state index contributed by atoms with van der Waals surface area (Å²) in [5.41, 5.74) is 1.09. The fraction of sp³-hybridized carbons (Fsp3) is 0.133. The van der Waals surface area contributed by atoms with E-state index in [-0.39, 0.29) is 17.2 Å². The van der Waals surface area contributed by atoms with Crippen LogP contribution in [-0.4, -0.2) is 23.0 Å². The lowest BCUT2D eigenvalue weighted by molar-refractivity contribution is 0.0782. The molecule has 5 heteroatoms. The molecule has 0 aliphatic rings. The Kier molecular flexibility index (Phi) is 4.53. The van der Waals surface area contributed by atoms with Gasteiger partial charge in [-0.2, -0.15) is 0 Å². The molecule has 1 amide bonds. The van der Waals surface area contributed by atoms with Gasteiger partial charge in [0.15, 0.2) is 0 Å². The third-order valence-corrected chi connectivity index (χ3v) is 3.31. The second kappa shape index (κ2) is 6.16. The monoisotopic (exact) mass is 309 g/mol. The van der Waals surface area contributed by atoms with E-state index in [9.17, 15) is 9.90 Å². The number of halogens is 2. The maximum atomic E-state index is 12.3. The predicted molar refractivity (Wildman–Crippen MR) is 80.4 cm³/mol. The second-order valence-electron chi connectivity index (χ2n) is 4.45. The average Bonchev–Trinajstić information content (AvgIpc) is 2.40. The molecule has 2 rings (SSSR count). The molecule has 0 aromatic heterocycles. The lowest BCUT2D eigenvalue weighted by Gasteiger charge is -2.18. The highest BCUT2D eigenvalue weighted by Crippen LogP contribution is 2.23. The number of phenolic OH excluding ortho intramolecular Hbond substituents is 1. The first-order valence-corrected chi connectivity index (χ1v) is 6.71. The van der Waals surface area contributed by atoms with E-state index in [2.05, 4.69) is 0 Å². The second-order valence-corrected chi connectivity index (χ2v) is 5.33. The molecule has 0 aliphatic heterocycles. The van der Waals surface area contributed by atoms with Crippen LogP contribution in [0.15, 0.2) is 42.5 Å². The van der Waals surface area contributed by atoms with E-state index >= 15 is 0 Å². The molecule has 2 aromatic carbocycles. The molecule has 0 saturated heterocycles. The van der Waals surface area contributed by atoms with E-state index < -0.39 is 0 Å². The topological polar surface area (TPSA) is 40.5 Å². The number of hydrogen-bond acceptors (Lipinski definition) is 2. The Balaban J connectivity index is 2.18. The Labute approximate surface area is 127 Å². The van der Waals surface area contributed by atoms with Crippen molar-refractivity contribution in [3.8, 4) is 5.75 Å². The lowest BCUT2D eigenvalue weighted by atomic mass is 10.1. The maximum Gasteiger partial charge on any atom is 0.257 e. The summed E-state index contributed by atoms with van der Waals surface area (Å²) in [5, 5.41) is 10.8. The molecular weight excluding hydrogens is 297 g/mol. The van der Waals surface area contributed by atoms with Gasteiger partial charge in [-0.25, -0.2) is 0 Å². The van der Waals surface area contributed by atoms with Gasteiger partial charge in [-0.05, 0) is 35.9 Å². The van der Waals surface area contributed by atoms with Gasteiger partial charge in [0.05, 0.1) is 5.56 Å². The third kappa shape index (κ3) is 3.44. The molecule has 0 bridgehead atoms. The molecule has 1 N–H and O–H groups in total. The SMILES string of the molecule is CN(Cc1cccc(Cl)c1)C(=O)c1cc(Cl)ccc1O. The van der Waals surface area contributed by atoms with Gasteiger partial charge in [0.1, 0.15) is 5.75 Å². The first kappa shape index (κ1) is 14.7. The molecule has 0 unspecified atom stereocenters. The number of aromatic hydroxyl groups is 1. The van der Waals surface area contributed by atoms with Crippen LogP contribution in [0, 0.1) is 0 Å².